The number of nitrogens with zero attached hydrogens (tertiary/aromatic N) is 2. The lowest BCUT2D eigenvalue weighted by Crippen LogP contribution is -2.52. The highest BCUT2D eigenvalue weighted by Crippen LogP contribution is 2.29. The summed E-state index contributed by atoms with van der Waals surface area (Å²) in [5.41, 5.74) is 6.38. The zero-order valence-corrected chi connectivity index (χ0v) is 11.2. The van der Waals surface area contributed by atoms with Crippen molar-refractivity contribution >= 4 is 23.3 Å². The first-order valence-corrected chi connectivity index (χ1v) is 6.48. The molecule has 2 N–H and O–H groups in total. The zero-order chi connectivity index (χ0) is 13.1. The molecule has 0 aromatic heterocycles. The highest BCUT2D eigenvalue weighted by molar-refractivity contribution is 6.33. The Morgan fingerprint density at radius 1 is 1.39 bits per heavy atom. The first-order chi connectivity index (χ1) is 8.63. The van der Waals surface area contributed by atoms with Crippen LogP contribution in [-0.4, -0.2) is 37.6 Å². The molecule has 2 amide bonds. The van der Waals surface area contributed by atoms with Crippen molar-refractivity contribution in [2.45, 2.75) is 6.42 Å². The molecule has 1 heterocycles. The van der Waals surface area contributed by atoms with Crippen molar-refractivity contribution in [3.8, 4) is 0 Å². The van der Waals surface area contributed by atoms with E-state index in [2.05, 4.69) is 0 Å². The van der Waals surface area contributed by atoms with Crippen LogP contribution in [-0.2, 0) is 0 Å². The fourth-order valence-corrected chi connectivity index (χ4v) is 2.59. The van der Waals surface area contributed by atoms with Gasteiger partial charge in [0.2, 0.25) is 0 Å². The predicted octanol–water partition coefficient (Wildman–Crippen LogP) is 2.18. The van der Waals surface area contributed by atoms with E-state index in [0.29, 0.717) is 24.0 Å². The van der Waals surface area contributed by atoms with Crippen LogP contribution >= 0.6 is 11.6 Å². The summed E-state index contributed by atoms with van der Waals surface area (Å²) in [6, 6.07) is 7.43. The number of carbonyl (C=O) groups excluding carboxylic acids is 1. The second kappa shape index (κ2) is 5.59. The molecule has 1 aromatic rings. The van der Waals surface area contributed by atoms with Gasteiger partial charge in [0, 0.05) is 20.1 Å². The number of halogens is 1. The van der Waals surface area contributed by atoms with Crippen LogP contribution in [0.1, 0.15) is 6.42 Å². The molecule has 0 bridgehead atoms. The summed E-state index contributed by atoms with van der Waals surface area (Å²) in [6.07, 6.45) is 0.915. The Hall–Kier alpha value is -1.26. The molecule has 0 radical (unpaired) electrons. The first-order valence-electron chi connectivity index (χ1n) is 6.10. The van der Waals surface area contributed by atoms with Gasteiger partial charge in [0.1, 0.15) is 0 Å². The molecule has 18 heavy (non-hydrogen) atoms. The minimum atomic E-state index is -0.00336. The molecule has 0 spiro atoms. The smallest absolute Gasteiger partial charge is 0.324 e. The Morgan fingerprint density at radius 2 is 2.11 bits per heavy atom. The number of nitrogens with two attached hydrogens (primary N) is 1. The molecule has 4 nitrogen and oxygen atoms in total. The number of rotatable bonds is 3. The number of hydrogen-bond donors (Lipinski definition) is 1. The number of anilines is 1. The zero-order valence-electron chi connectivity index (χ0n) is 10.5. The summed E-state index contributed by atoms with van der Waals surface area (Å²) in [7, 11) is 1.81. The van der Waals surface area contributed by atoms with Gasteiger partial charge in [0.15, 0.2) is 0 Å². The van der Waals surface area contributed by atoms with Crippen LogP contribution < -0.4 is 10.6 Å². The average Bonchev–Trinajstić information content (AvgIpc) is 2.35. The molecular weight excluding hydrogens is 250 g/mol. The Bertz CT molecular complexity index is 438. The van der Waals surface area contributed by atoms with Crippen LogP contribution in [0, 0.1) is 5.92 Å². The average molecular weight is 268 g/mol. The van der Waals surface area contributed by atoms with Gasteiger partial charge in [-0.25, -0.2) is 4.79 Å². The summed E-state index contributed by atoms with van der Waals surface area (Å²) in [5, 5.41) is 0.604. The van der Waals surface area contributed by atoms with Crippen molar-refractivity contribution in [2.24, 2.45) is 11.7 Å². The maximum Gasteiger partial charge on any atom is 0.324 e. The van der Waals surface area contributed by atoms with Crippen molar-refractivity contribution in [1.29, 1.82) is 0 Å². The summed E-state index contributed by atoms with van der Waals surface area (Å²) in [6.45, 7) is 2.09. The molecular formula is C13H18ClN3O. The molecule has 0 aliphatic carbocycles. The van der Waals surface area contributed by atoms with Crippen LogP contribution in [0.15, 0.2) is 24.3 Å². The molecule has 0 saturated carbocycles. The normalized spacial score (nSPS) is 20.4. The molecule has 1 unspecified atom stereocenters. The van der Waals surface area contributed by atoms with E-state index >= 15 is 0 Å². The van der Waals surface area contributed by atoms with Crippen LogP contribution in [0.4, 0.5) is 10.5 Å². The monoisotopic (exact) mass is 267 g/mol. The Balaban J connectivity index is 2.24. The molecule has 1 aliphatic heterocycles. The van der Waals surface area contributed by atoms with Crippen molar-refractivity contribution in [3.05, 3.63) is 29.3 Å². The summed E-state index contributed by atoms with van der Waals surface area (Å²) in [5.74, 6) is 0.397. The minimum Gasteiger partial charge on any atom is -0.330 e. The van der Waals surface area contributed by atoms with Gasteiger partial charge in [0.25, 0.3) is 0 Å². The van der Waals surface area contributed by atoms with Gasteiger partial charge in [-0.1, -0.05) is 23.7 Å². The third-order valence-electron chi connectivity index (χ3n) is 3.25. The Labute approximate surface area is 112 Å². The van der Waals surface area contributed by atoms with E-state index < -0.39 is 0 Å². The second-order valence-electron chi connectivity index (χ2n) is 4.67. The lowest BCUT2D eigenvalue weighted by Gasteiger charge is -2.38. The fraction of sp³-hybridized carbons (Fsp3) is 0.462. The van der Waals surface area contributed by atoms with Gasteiger partial charge in [-0.3, -0.25) is 4.90 Å². The number of urea groups is 1. The molecule has 1 aromatic carbocycles. The van der Waals surface area contributed by atoms with Crippen LogP contribution in [0.25, 0.3) is 0 Å². The van der Waals surface area contributed by atoms with Crippen molar-refractivity contribution in [1.82, 2.24) is 4.90 Å². The lowest BCUT2D eigenvalue weighted by molar-refractivity contribution is 0.191. The van der Waals surface area contributed by atoms with Crippen LogP contribution in [0.5, 0.6) is 0 Å². The predicted molar refractivity (Wildman–Crippen MR) is 74.0 cm³/mol. The molecule has 1 saturated heterocycles. The van der Waals surface area contributed by atoms with Gasteiger partial charge >= 0.3 is 6.03 Å². The van der Waals surface area contributed by atoms with Gasteiger partial charge in [-0.2, -0.15) is 0 Å². The maximum atomic E-state index is 12.2. The van der Waals surface area contributed by atoms with E-state index in [4.69, 9.17) is 17.3 Å². The van der Waals surface area contributed by atoms with Crippen LogP contribution in [0.2, 0.25) is 5.02 Å². The third kappa shape index (κ3) is 2.60. The van der Waals surface area contributed by atoms with Crippen molar-refractivity contribution < 1.29 is 4.79 Å². The van der Waals surface area contributed by atoms with Gasteiger partial charge < -0.3 is 10.6 Å². The quantitative estimate of drug-likeness (QED) is 0.913. The molecule has 2 rings (SSSR count). The van der Waals surface area contributed by atoms with Gasteiger partial charge in [0.05, 0.1) is 10.7 Å². The molecule has 1 atom stereocenters. The largest absolute Gasteiger partial charge is 0.330 e. The third-order valence-corrected chi connectivity index (χ3v) is 3.57. The summed E-state index contributed by atoms with van der Waals surface area (Å²) < 4.78 is 0. The van der Waals surface area contributed by atoms with E-state index in [9.17, 15) is 4.79 Å². The van der Waals surface area contributed by atoms with E-state index in [-0.39, 0.29) is 6.03 Å². The highest BCUT2D eigenvalue weighted by atomic mass is 35.5. The Morgan fingerprint density at radius 3 is 2.78 bits per heavy atom. The summed E-state index contributed by atoms with van der Waals surface area (Å²) in [4.78, 5) is 15.7. The van der Waals surface area contributed by atoms with Gasteiger partial charge in [-0.05, 0) is 31.0 Å². The van der Waals surface area contributed by atoms with Crippen molar-refractivity contribution in [3.63, 3.8) is 0 Å². The minimum absolute atomic E-state index is 0.00336. The number of carbonyl (C=O) groups is 1. The van der Waals surface area contributed by atoms with Crippen molar-refractivity contribution in [2.75, 3.05) is 31.6 Å². The van der Waals surface area contributed by atoms with Gasteiger partial charge in [-0.15, -0.1) is 0 Å². The molecule has 98 valence electrons. The number of hydrogen-bond acceptors (Lipinski definition) is 2. The fourth-order valence-electron chi connectivity index (χ4n) is 2.36. The number of benzene rings is 1. The maximum absolute atomic E-state index is 12.2. The highest BCUT2D eigenvalue weighted by Gasteiger charge is 2.30. The lowest BCUT2D eigenvalue weighted by atomic mass is 10.0. The number of para-hydroxylation sites is 1. The SMILES string of the molecule is CN1CC(CCN)CN(c2ccccc2Cl)C1=O. The molecule has 1 aliphatic rings. The molecule has 5 heteroatoms. The Kier molecular flexibility index (Phi) is 4.09. The van der Waals surface area contributed by atoms with E-state index in [0.717, 1.165) is 18.7 Å². The van der Waals surface area contributed by atoms with E-state index in [1.54, 1.807) is 15.9 Å². The molecule has 1 fully saturated rings. The topological polar surface area (TPSA) is 49.6 Å². The van der Waals surface area contributed by atoms with Crippen LogP contribution in [0.3, 0.4) is 0 Å². The van der Waals surface area contributed by atoms with E-state index in [1.165, 1.54) is 0 Å². The summed E-state index contributed by atoms with van der Waals surface area (Å²) >= 11 is 6.16. The standard InChI is InChI=1S/C13H18ClN3O/c1-16-8-10(6-7-15)9-17(13(16)18)12-5-3-2-4-11(12)14/h2-5,10H,6-9,15H2,1H3. The number of amides is 2. The van der Waals surface area contributed by atoms with E-state index in [1.807, 2.05) is 25.2 Å². The second-order valence-corrected chi connectivity index (χ2v) is 5.08. The first kappa shape index (κ1) is 13.2.